The minimum atomic E-state index is 0. The van der Waals surface area contributed by atoms with Crippen LogP contribution in [-0.4, -0.2) is 45.9 Å². The van der Waals surface area contributed by atoms with Gasteiger partial charge in [-0.1, -0.05) is 32.0 Å². The lowest BCUT2D eigenvalue weighted by Crippen LogP contribution is -2.42. The number of para-hydroxylation sites is 1. The molecule has 194 valence electrons. The van der Waals surface area contributed by atoms with Crippen molar-refractivity contribution < 1.29 is 4.79 Å². The first-order valence-corrected chi connectivity index (χ1v) is 11.1. The molecule has 1 aliphatic heterocycles. The van der Waals surface area contributed by atoms with E-state index in [1.807, 2.05) is 0 Å². The number of carbonyl (C=O) groups excluding carboxylic acids is 1. The van der Waals surface area contributed by atoms with Crippen molar-refractivity contribution in [1.29, 1.82) is 0 Å². The molecule has 9 heteroatoms. The second-order valence-corrected chi connectivity index (χ2v) is 8.44. The fourth-order valence-electron chi connectivity index (χ4n) is 4.81. The third-order valence-corrected chi connectivity index (χ3v) is 6.77. The number of H-pyrrole nitrogens is 1. The Labute approximate surface area is 231 Å². The van der Waals surface area contributed by atoms with Crippen molar-refractivity contribution in [1.82, 2.24) is 14.8 Å². The summed E-state index contributed by atoms with van der Waals surface area (Å²) < 4.78 is 0. The van der Waals surface area contributed by atoms with E-state index in [9.17, 15) is 4.79 Å². The second-order valence-electron chi connectivity index (χ2n) is 8.44. The molecule has 1 aromatic heterocycles. The summed E-state index contributed by atoms with van der Waals surface area (Å²) in [6, 6.07) is 9.93. The molecule has 3 rings (SSSR count). The summed E-state index contributed by atoms with van der Waals surface area (Å²) in [7, 11) is 0. The van der Waals surface area contributed by atoms with Crippen LogP contribution >= 0.6 is 62.0 Å². The number of rotatable bonds is 8. The van der Waals surface area contributed by atoms with Crippen LogP contribution in [0, 0.1) is 0 Å². The molecule has 33 heavy (non-hydrogen) atoms. The van der Waals surface area contributed by atoms with E-state index in [1.54, 1.807) is 6.92 Å². The molecule has 1 aliphatic rings. The highest BCUT2D eigenvalue weighted by Crippen LogP contribution is 2.37. The Hall–Kier alpha value is -0.360. The van der Waals surface area contributed by atoms with Crippen molar-refractivity contribution >= 4 is 78.8 Å². The van der Waals surface area contributed by atoms with E-state index < -0.39 is 0 Å². The minimum absolute atomic E-state index is 0. The van der Waals surface area contributed by atoms with Gasteiger partial charge in [-0.3, -0.25) is 9.69 Å². The van der Waals surface area contributed by atoms with Crippen molar-refractivity contribution in [2.75, 3.05) is 13.1 Å². The Kier molecular flexibility index (Phi) is 19.3. The first kappa shape index (κ1) is 37.2. The number of hydrogen-bond acceptors (Lipinski definition) is 2. The number of aromatic nitrogens is 1. The number of carbonyl (C=O) groups is 1. The van der Waals surface area contributed by atoms with Gasteiger partial charge in [0.25, 0.3) is 0 Å². The summed E-state index contributed by atoms with van der Waals surface area (Å²) in [5.74, 6) is 0.190. The molecule has 1 amide bonds. The number of benzene rings is 1. The molecule has 1 aromatic carbocycles. The van der Waals surface area contributed by atoms with E-state index in [1.165, 1.54) is 35.0 Å². The Morgan fingerprint density at radius 1 is 1.06 bits per heavy atom. The summed E-state index contributed by atoms with van der Waals surface area (Å²) >= 11 is 0. The summed E-state index contributed by atoms with van der Waals surface area (Å²) in [5, 5.41) is 1.33. The highest BCUT2D eigenvalue weighted by atomic mass is 35.5. The number of hydrogen-bond donors (Lipinski definition) is 1. The van der Waals surface area contributed by atoms with Crippen molar-refractivity contribution in [3.8, 4) is 0 Å². The molecule has 0 spiro atoms. The Bertz CT molecular complexity index is 806. The number of fused-ring (bicyclic) bond motifs is 3. The van der Waals surface area contributed by atoms with Gasteiger partial charge < -0.3 is 9.88 Å². The van der Waals surface area contributed by atoms with Crippen molar-refractivity contribution in [2.24, 2.45) is 0 Å². The van der Waals surface area contributed by atoms with Gasteiger partial charge in [0, 0.05) is 42.1 Å². The van der Waals surface area contributed by atoms with E-state index >= 15 is 0 Å². The summed E-state index contributed by atoms with van der Waals surface area (Å²) in [5.41, 5.74) is 3.88. The molecule has 0 aliphatic carbocycles. The van der Waals surface area contributed by atoms with Crippen molar-refractivity contribution in [3.63, 3.8) is 0 Å². The number of nitrogens with one attached hydrogen (secondary N) is 1. The van der Waals surface area contributed by atoms with Crippen LogP contribution in [0.1, 0.15) is 77.6 Å². The molecule has 3 unspecified atom stereocenters. The fraction of sp³-hybridized carbons (Fsp3) is 0.625. The summed E-state index contributed by atoms with van der Waals surface area (Å²) in [6.45, 7) is 12.9. The van der Waals surface area contributed by atoms with E-state index in [0.29, 0.717) is 12.1 Å². The van der Waals surface area contributed by atoms with Crippen LogP contribution < -0.4 is 0 Å². The lowest BCUT2D eigenvalue weighted by molar-refractivity contribution is -0.132. The molecule has 0 saturated carbocycles. The van der Waals surface area contributed by atoms with Gasteiger partial charge in [-0.05, 0) is 64.1 Å². The number of amides is 1. The fourth-order valence-corrected chi connectivity index (χ4v) is 4.81. The van der Waals surface area contributed by atoms with Gasteiger partial charge in [-0.25, -0.2) is 0 Å². The van der Waals surface area contributed by atoms with Crippen molar-refractivity contribution in [3.05, 3.63) is 35.5 Å². The molecule has 2 aromatic rings. The predicted octanol–water partition coefficient (Wildman–Crippen LogP) is 7.40. The van der Waals surface area contributed by atoms with E-state index in [0.717, 1.165) is 32.4 Å². The van der Waals surface area contributed by atoms with Crippen LogP contribution in [0.4, 0.5) is 0 Å². The zero-order valence-electron chi connectivity index (χ0n) is 20.3. The average molecular weight is 566 g/mol. The predicted molar refractivity (Wildman–Crippen MR) is 154 cm³/mol. The van der Waals surface area contributed by atoms with Crippen LogP contribution in [0.2, 0.25) is 0 Å². The van der Waals surface area contributed by atoms with Crippen LogP contribution in [0.25, 0.3) is 10.9 Å². The SMILES string of the molecule is CCC(C)N(CCCC1c2[nH]c3ccccc3c2CCN1C(C)=O)C(C)CC.Cl.Cl.Cl.Cl.Cl. The normalized spacial score (nSPS) is 16.2. The standard InChI is InChI=1S/C24H37N3O.5ClH/c1-6-17(3)26(18(4)7-2)15-10-13-23-24-21(14-16-27(23)19(5)28)20-11-8-9-12-22(20)25-24;;;;;/h8-9,11-12,17-18,23,25H,6-7,10,13-16H2,1-5H3;5*1H. The smallest absolute Gasteiger partial charge is 0.220 e. The van der Waals surface area contributed by atoms with E-state index in [2.05, 4.69) is 66.7 Å². The first-order chi connectivity index (χ1) is 13.5. The molecule has 0 bridgehead atoms. The van der Waals surface area contributed by atoms with Crippen LogP contribution in [0.3, 0.4) is 0 Å². The van der Waals surface area contributed by atoms with Gasteiger partial charge >= 0.3 is 0 Å². The second kappa shape index (κ2) is 17.1. The monoisotopic (exact) mass is 563 g/mol. The topological polar surface area (TPSA) is 39.3 Å². The average Bonchev–Trinajstić information content (AvgIpc) is 3.09. The summed E-state index contributed by atoms with van der Waals surface area (Å²) in [4.78, 5) is 20.7. The largest absolute Gasteiger partial charge is 0.356 e. The van der Waals surface area contributed by atoms with Gasteiger partial charge in [-0.15, -0.1) is 62.0 Å². The van der Waals surface area contributed by atoms with E-state index in [-0.39, 0.29) is 74.0 Å². The Morgan fingerprint density at radius 2 is 1.64 bits per heavy atom. The van der Waals surface area contributed by atoms with Crippen LogP contribution in [0.5, 0.6) is 0 Å². The van der Waals surface area contributed by atoms with Gasteiger partial charge in [0.15, 0.2) is 0 Å². The highest BCUT2D eigenvalue weighted by Gasteiger charge is 2.31. The lowest BCUT2D eigenvalue weighted by Gasteiger charge is -2.37. The maximum absolute atomic E-state index is 12.3. The van der Waals surface area contributed by atoms with Crippen molar-refractivity contribution in [2.45, 2.75) is 84.8 Å². The number of aromatic amines is 1. The van der Waals surface area contributed by atoms with Gasteiger partial charge in [0.1, 0.15) is 0 Å². The maximum atomic E-state index is 12.3. The molecule has 2 heterocycles. The number of nitrogens with zero attached hydrogens (tertiary/aromatic N) is 2. The molecular formula is C24H42Cl5N3O. The number of halogens is 5. The third kappa shape index (κ3) is 8.37. The molecule has 0 saturated heterocycles. The first-order valence-electron chi connectivity index (χ1n) is 11.1. The Morgan fingerprint density at radius 3 is 2.18 bits per heavy atom. The lowest BCUT2D eigenvalue weighted by atomic mass is 9.94. The Balaban J connectivity index is -0.00000180. The molecule has 4 nitrogen and oxygen atoms in total. The zero-order valence-corrected chi connectivity index (χ0v) is 24.4. The van der Waals surface area contributed by atoms with Gasteiger partial charge in [0.05, 0.1) is 6.04 Å². The van der Waals surface area contributed by atoms with Gasteiger partial charge in [0.2, 0.25) is 5.91 Å². The molecule has 0 fully saturated rings. The van der Waals surface area contributed by atoms with Gasteiger partial charge in [-0.2, -0.15) is 0 Å². The van der Waals surface area contributed by atoms with E-state index in [4.69, 9.17) is 0 Å². The third-order valence-electron chi connectivity index (χ3n) is 6.77. The molecule has 1 N–H and O–H groups in total. The highest BCUT2D eigenvalue weighted by molar-refractivity contribution is 5.86. The van der Waals surface area contributed by atoms with Crippen LogP contribution in [0.15, 0.2) is 24.3 Å². The van der Waals surface area contributed by atoms with Crippen LogP contribution in [-0.2, 0) is 11.2 Å². The summed E-state index contributed by atoms with van der Waals surface area (Å²) in [6.07, 6.45) is 5.43. The maximum Gasteiger partial charge on any atom is 0.220 e. The zero-order chi connectivity index (χ0) is 20.3. The quantitative estimate of drug-likeness (QED) is 0.362. The molecule has 3 atom stereocenters. The molecular weight excluding hydrogens is 524 g/mol. The minimum Gasteiger partial charge on any atom is -0.356 e. The molecule has 0 radical (unpaired) electrons.